The van der Waals surface area contributed by atoms with Gasteiger partial charge in [0.25, 0.3) is 0 Å². The molecule has 3 nitrogen and oxygen atoms in total. The van der Waals surface area contributed by atoms with Crippen LogP contribution in [0.4, 0.5) is 0 Å². The first-order valence-corrected chi connectivity index (χ1v) is 15.7. The Balaban J connectivity index is 0.00000560. The van der Waals surface area contributed by atoms with Gasteiger partial charge in [0.05, 0.1) is 0 Å². The first kappa shape index (κ1) is 40.4. The van der Waals surface area contributed by atoms with E-state index in [1.54, 1.807) is 0 Å². The normalized spacial score (nSPS) is 10.5. The molecule has 0 bridgehead atoms. The first-order valence-electron chi connectivity index (χ1n) is 15.7. The third-order valence-corrected chi connectivity index (χ3v) is 7.51. The lowest BCUT2D eigenvalue weighted by Crippen LogP contribution is -2.31. The summed E-state index contributed by atoms with van der Waals surface area (Å²) in [5, 5.41) is 7.37. The molecule has 3 aromatic carbocycles. The van der Waals surface area contributed by atoms with Crippen LogP contribution in [0.2, 0.25) is 0 Å². The summed E-state index contributed by atoms with van der Waals surface area (Å²) < 4.78 is 0. The van der Waals surface area contributed by atoms with Crippen LogP contribution in [0.15, 0.2) is 91.0 Å². The van der Waals surface area contributed by atoms with Crippen molar-refractivity contribution in [2.45, 2.75) is 70.6 Å². The Kier molecular flexibility index (Phi) is 27.1. The highest BCUT2D eigenvalue weighted by Gasteiger charge is 2.05. The molecule has 0 aliphatic heterocycles. The van der Waals surface area contributed by atoms with Gasteiger partial charge in [0.2, 0.25) is 0 Å². The Morgan fingerprint density at radius 3 is 1.05 bits per heavy atom. The molecule has 0 unspecified atom stereocenters. The van der Waals surface area contributed by atoms with E-state index in [9.17, 15) is 0 Å². The first-order chi connectivity index (χ1) is 19.4. The van der Waals surface area contributed by atoms with E-state index in [-0.39, 0.29) is 37.2 Å². The Morgan fingerprint density at radius 1 is 0.357 bits per heavy atom. The Hall–Kier alpha value is -1.59. The molecule has 0 atom stereocenters. The summed E-state index contributed by atoms with van der Waals surface area (Å²) in [6, 6.07) is 32.7. The van der Waals surface area contributed by atoms with Crippen LogP contribution in [0.5, 0.6) is 0 Å². The van der Waals surface area contributed by atoms with Gasteiger partial charge in [-0.3, -0.25) is 0 Å². The summed E-state index contributed by atoms with van der Waals surface area (Å²) >= 11 is 0. The maximum absolute atomic E-state index is 3.68. The van der Waals surface area contributed by atoms with Crippen LogP contribution in [0.1, 0.15) is 68.1 Å². The van der Waals surface area contributed by atoms with Crippen LogP contribution in [0.3, 0.4) is 0 Å². The van der Waals surface area contributed by atoms with Crippen molar-refractivity contribution < 1.29 is 0 Å². The molecule has 236 valence electrons. The molecule has 0 aliphatic rings. The van der Waals surface area contributed by atoms with E-state index >= 15 is 0 Å². The fourth-order valence-corrected chi connectivity index (χ4v) is 5.20. The molecule has 0 saturated carbocycles. The lowest BCUT2D eigenvalue weighted by Gasteiger charge is -2.22. The van der Waals surface area contributed by atoms with Crippen molar-refractivity contribution >= 4 is 37.2 Å². The Labute approximate surface area is 275 Å². The predicted octanol–water partition coefficient (Wildman–Crippen LogP) is 8.58. The van der Waals surface area contributed by atoms with E-state index in [1.165, 1.54) is 107 Å². The van der Waals surface area contributed by atoms with Gasteiger partial charge in [-0.05, 0) is 133 Å². The van der Waals surface area contributed by atoms with Gasteiger partial charge in [0.1, 0.15) is 0 Å². The Morgan fingerprint density at radius 2 is 0.667 bits per heavy atom. The minimum Gasteiger partial charge on any atom is -0.317 e. The molecule has 3 aromatic rings. The zero-order chi connectivity index (χ0) is 27.1. The lowest BCUT2D eigenvalue weighted by atomic mass is 10.1. The summed E-state index contributed by atoms with van der Waals surface area (Å²) in [4.78, 5) is 2.71. The minimum atomic E-state index is 0. The number of aryl methyl sites for hydroxylation is 3. The predicted molar refractivity (Wildman–Crippen MR) is 191 cm³/mol. The van der Waals surface area contributed by atoms with Gasteiger partial charge >= 0.3 is 0 Å². The highest BCUT2D eigenvalue weighted by Crippen LogP contribution is 2.07. The van der Waals surface area contributed by atoms with Crippen molar-refractivity contribution in [3.63, 3.8) is 0 Å². The molecule has 6 heteroatoms. The van der Waals surface area contributed by atoms with Crippen LogP contribution >= 0.6 is 37.2 Å². The van der Waals surface area contributed by atoms with Crippen LogP contribution < -0.4 is 10.6 Å². The second-order valence-corrected chi connectivity index (χ2v) is 10.9. The average Bonchev–Trinajstić information content (AvgIpc) is 2.99. The van der Waals surface area contributed by atoms with Gasteiger partial charge < -0.3 is 15.5 Å². The molecule has 0 fully saturated rings. The van der Waals surface area contributed by atoms with Crippen molar-refractivity contribution in [1.82, 2.24) is 15.5 Å². The number of hydrogen-bond acceptors (Lipinski definition) is 3. The van der Waals surface area contributed by atoms with E-state index in [1.807, 2.05) is 0 Å². The summed E-state index contributed by atoms with van der Waals surface area (Å²) in [6.07, 6.45) is 13.7. The number of nitrogens with zero attached hydrogens (tertiary/aromatic N) is 1. The molecule has 3 rings (SSSR count). The summed E-state index contributed by atoms with van der Waals surface area (Å²) in [7, 11) is 0. The highest BCUT2D eigenvalue weighted by atomic mass is 35.5. The fourth-order valence-electron chi connectivity index (χ4n) is 5.20. The van der Waals surface area contributed by atoms with Crippen molar-refractivity contribution in [3.8, 4) is 0 Å². The Bertz CT molecular complexity index is 889. The molecule has 0 saturated heterocycles. The molecule has 42 heavy (non-hydrogen) atoms. The van der Waals surface area contributed by atoms with Gasteiger partial charge in [0, 0.05) is 0 Å². The van der Waals surface area contributed by atoms with Gasteiger partial charge in [0.15, 0.2) is 0 Å². The van der Waals surface area contributed by atoms with Crippen molar-refractivity contribution in [2.24, 2.45) is 0 Å². The molecular weight excluding hydrogens is 581 g/mol. The van der Waals surface area contributed by atoms with E-state index in [2.05, 4.69) is 107 Å². The van der Waals surface area contributed by atoms with Gasteiger partial charge in [-0.2, -0.15) is 0 Å². The van der Waals surface area contributed by atoms with Crippen LogP contribution in [0.25, 0.3) is 0 Å². The molecule has 0 aromatic heterocycles. The summed E-state index contributed by atoms with van der Waals surface area (Å²) in [5.41, 5.74) is 4.39. The van der Waals surface area contributed by atoms with Crippen LogP contribution in [-0.4, -0.2) is 50.7 Å². The lowest BCUT2D eigenvalue weighted by molar-refractivity contribution is 0.259. The van der Waals surface area contributed by atoms with Crippen LogP contribution in [-0.2, 0) is 19.3 Å². The summed E-state index contributed by atoms with van der Waals surface area (Å²) in [6.45, 7) is 8.17. The topological polar surface area (TPSA) is 27.3 Å². The van der Waals surface area contributed by atoms with E-state index < -0.39 is 0 Å². The molecule has 0 radical (unpaired) electrons. The molecule has 0 heterocycles. The summed E-state index contributed by atoms with van der Waals surface area (Å²) in [5.74, 6) is 0. The van der Waals surface area contributed by atoms with E-state index in [0.717, 1.165) is 26.2 Å². The average molecular weight is 637 g/mol. The van der Waals surface area contributed by atoms with Crippen molar-refractivity contribution in [3.05, 3.63) is 108 Å². The third kappa shape index (κ3) is 20.3. The third-order valence-electron chi connectivity index (χ3n) is 7.51. The molecular formula is C36H56Cl3N3. The smallest absolute Gasteiger partial charge is 0.000663 e. The fraction of sp³-hybridized carbons (Fsp3) is 0.500. The zero-order valence-electron chi connectivity index (χ0n) is 25.6. The second-order valence-electron chi connectivity index (χ2n) is 10.9. The monoisotopic (exact) mass is 635 g/mol. The maximum Gasteiger partial charge on any atom is -0.000663 e. The van der Waals surface area contributed by atoms with Crippen molar-refractivity contribution in [1.29, 1.82) is 0 Å². The number of halogens is 3. The number of rotatable bonds is 23. The molecule has 0 aliphatic carbocycles. The zero-order valence-corrected chi connectivity index (χ0v) is 28.0. The number of benzene rings is 3. The molecule has 2 N–H and O–H groups in total. The second kappa shape index (κ2) is 28.2. The maximum atomic E-state index is 3.68. The minimum absolute atomic E-state index is 0. The van der Waals surface area contributed by atoms with Gasteiger partial charge in [-0.15, -0.1) is 37.2 Å². The number of hydrogen-bond donors (Lipinski definition) is 2. The van der Waals surface area contributed by atoms with Crippen molar-refractivity contribution in [2.75, 3.05) is 45.8 Å². The highest BCUT2D eigenvalue weighted by molar-refractivity contribution is 5.86. The molecule has 0 spiro atoms. The SMILES string of the molecule is Cl.Cl.Cl.c1ccc(CCCCNCCCN(CCCCc2ccccc2)CCCNCCCCc2ccccc2)cc1. The van der Waals surface area contributed by atoms with Gasteiger partial charge in [-0.25, -0.2) is 0 Å². The largest absolute Gasteiger partial charge is 0.317 e. The van der Waals surface area contributed by atoms with E-state index in [4.69, 9.17) is 0 Å². The standard InChI is InChI=1S/C36H53N3.3ClH/c1-4-18-34(19-5-1)24-10-13-27-37-29-16-32-39(31-15-12-26-36-22-8-3-9-23-36)33-17-30-38-28-14-11-25-35-20-6-2-7-21-35;;;/h1-9,18-23,37-38H,10-17,24-33H2;3*1H. The van der Waals surface area contributed by atoms with Crippen LogP contribution in [0, 0.1) is 0 Å². The van der Waals surface area contributed by atoms with Gasteiger partial charge in [-0.1, -0.05) is 91.0 Å². The van der Waals surface area contributed by atoms with E-state index in [0.29, 0.717) is 0 Å². The number of nitrogens with one attached hydrogen (secondary N) is 2. The number of unbranched alkanes of at least 4 members (excludes halogenated alkanes) is 3. The quantitative estimate of drug-likeness (QED) is 0.102. The molecule has 0 amide bonds.